The minimum atomic E-state index is -0.188. The maximum absolute atomic E-state index is 12.2. The zero-order chi connectivity index (χ0) is 19.3. The van der Waals surface area contributed by atoms with E-state index in [-0.39, 0.29) is 24.8 Å². The van der Waals surface area contributed by atoms with Crippen molar-refractivity contribution in [3.8, 4) is 0 Å². The molecule has 4 N–H and O–H groups in total. The molecule has 0 unspecified atom stereocenters. The largest absolute Gasteiger partial charge is 0.361 e. The molecule has 0 aliphatic rings. The van der Waals surface area contributed by atoms with Gasteiger partial charge in [-0.25, -0.2) is 0 Å². The van der Waals surface area contributed by atoms with Gasteiger partial charge < -0.3 is 20.6 Å². The van der Waals surface area contributed by atoms with Crippen molar-refractivity contribution in [2.75, 3.05) is 13.1 Å². The van der Waals surface area contributed by atoms with E-state index in [1.165, 1.54) is 10.9 Å². The highest BCUT2D eigenvalue weighted by Crippen LogP contribution is 2.18. The maximum Gasteiger partial charge on any atom is 0.239 e. The molecule has 0 saturated heterocycles. The number of hydrogen-bond donors (Lipinski definition) is 4. The lowest BCUT2D eigenvalue weighted by atomic mass is 10.1. The van der Waals surface area contributed by atoms with E-state index in [2.05, 4.69) is 26.7 Å². The second-order valence-corrected chi connectivity index (χ2v) is 6.77. The lowest BCUT2D eigenvalue weighted by Crippen LogP contribution is -2.38. The smallest absolute Gasteiger partial charge is 0.239 e. The summed E-state index contributed by atoms with van der Waals surface area (Å²) in [6.45, 7) is 0.508. The van der Waals surface area contributed by atoms with Crippen molar-refractivity contribution in [1.82, 2.24) is 20.6 Å². The third kappa shape index (κ3) is 3.91. The van der Waals surface area contributed by atoms with Gasteiger partial charge in [0.15, 0.2) is 0 Å². The number of para-hydroxylation sites is 2. The van der Waals surface area contributed by atoms with E-state index in [0.717, 1.165) is 28.4 Å². The van der Waals surface area contributed by atoms with Crippen molar-refractivity contribution < 1.29 is 9.59 Å². The van der Waals surface area contributed by atoms with Crippen LogP contribution in [0.5, 0.6) is 0 Å². The van der Waals surface area contributed by atoms with Crippen LogP contribution in [-0.4, -0.2) is 34.9 Å². The molecule has 2 aromatic heterocycles. The molecular formula is C22H22N4O2. The van der Waals surface area contributed by atoms with Gasteiger partial charge >= 0.3 is 0 Å². The fourth-order valence-electron chi connectivity index (χ4n) is 3.43. The Morgan fingerprint density at radius 2 is 1.36 bits per heavy atom. The highest BCUT2D eigenvalue weighted by atomic mass is 16.2. The second-order valence-electron chi connectivity index (χ2n) is 6.77. The van der Waals surface area contributed by atoms with E-state index in [1.807, 2.05) is 54.9 Å². The predicted octanol–water partition coefficient (Wildman–Crippen LogP) is 2.67. The van der Waals surface area contributed by atoms with Crippen molar-refractivity contribution in [2.45, 2.75) is 12.8 Å². The molecule has 0 fully saturated rings. The minimum Gasteiger partial charge on any atom is -0.361 e. The third-order valence-corrected chi connectivity index (χ3v) is 4.86. The molecule has 6 heteroatoms. The highest BCUT2D eigenvalue weighted by molar-refractivity contribution is 5.90. The number of fused-ring (bicyclic) bond motifs is 2. The summed E-state index contributed by atoms with van der Waals surface area (Å²) in [4.78, 5) is 30.5. The lowest BCUT2D eigenvalue weighted by molar-refractivity contribution is -0.125. The van der Waals surface area contributed by atoms with E-state index >= 15 is 0 Å². The number of hydrogen-bond acceptors (Lipinski definition) is 2. The summed E-state index contributed by atoms with van der Waals surface area (Å²) in [5.74, 6) is -0.358. The van der Waals surface area contributed by atoms with Crippen molar-refractivity contribution in [3.05, 3.63) is 72.1 Å². The second kappa shape index (κ2) is 8.00. The van der Waals surface area contributed by atoms with Crippen molar-refractivity contribution in [1.29, 1.82) is 0 Å². The number of nitrogens with one attached hydrogen (secondary N) is 4. The minimum absolute atomic E-state index is 0.0188. The summed E-state index contributed by atoms with van der Waals surface area (Å²) in [6.07, 6.45) is 4.79. The Hall–Kier alpha value is -3.54. The van der Waals surface area contributed by atoms with Crippen molar-refractivity contribution in [2.24, 2.45) is 0 Å². The molecular weight excluding hydrogens is 352 g/mol. The van der Waals surface area contributed by atoms with Crippen molar-refractivity contribution >= 4 is 33.6 Å². The number of benzene rings is 2. The molecule has 2 heterocycles. The van der Waals surface area contributed by atoms with Gasteiger partial charge in [0.05, 0.1) is 13.0 Å². The van der Waals surface area contributed by atoms with Gasteiger partial charge in [-0.05, 0) is 29.7 Å². The van der Waals surface area contributed by atoms with E-state index in [1.54, 1.807) is 0 Å². The number of amides is 2. The molecule has 4 aromatic rings. The zero-order valence-electron chi connectivity index (χ0n) is 15.4. The van der Waals surface area contributed by atoms with Crippen LogP contribution < -0.4 is 10.6 Å². The van der Waals surface area contributed by atoms with E-state index in [0.29, 0.717) is 6.54 Å². The fourth-order valence-corrected chi connectivity index (χ4v) is 3.43. The fraction of sp³-hybridized carbons (Fsp3) is 0.182. The average Bonchev–Trinajstić information content (AvgIpc) is 3.31. The topological polar surface area (TPSA) is 89.8 Å². The van der Waals surface area contributed by atoms with Crippen LogP contribution in [0.4, 0.5) is 0 Å². The number of aromatic amines is 2. The average molecular weight is 374 g/mol. The van der Waals surface area contributed by atoms with Gasteiger partial charge in [-0.2, -0.15) is 0 Å². The predicted molar refractivity (Wildman–Crippen MR) is 110 cm³/mol. The number of H-pyrrole nitrogens is 2. The van der Waals surface area contributed by atoms with Crippen LogP contribution in [0.25, 0.3) is 21.8 Å². The van der Waals surface area contributed by atoms with Crippen LogP contribution in [0.1, 0.15) is 11.1 Å². The van der Waals surface area contributed by atoms with Crippen LogP contribution in [-0.2, 0) is 22.4 Å². The first-order chi connectivity index (χ1) is 13.7. The molecule has 28 heavy (non-hydrogen) atoms. The Labute approximate surface area is 162 Å². The standard InChI is InChI=1S/C22H22N4O2/c27-21(11-16-13-25-20-8-4-2-6-18(16)20)26-14-22(28)23-10-9-15-12-24-19-7-3-1-5-17(15)19/h1-8,12-13,24-25H,9-11,14H2,(H,23,28)(H,26,27). The molecule has 142 valence electrons. The number of rotatable bonds is 7. The van der Waals surface area contributed by atoms with Gasteiger partial charge in [0.1, 0.15) is 0 Å². The summed E-state index contributed by atoms with van der Waals surface area (Å²) in [5.41, 5.74) is 4.18. The Morgan fingerprint density at radius 1 is 0.750 bits per heavy atom. The van der Waals surface area contributed by atoms with Crippen LogP contribution >= 0.6 is 0 Å². The monoisotopic (exact) mass is 374 g/mol. The van der Waals surface area contributed by atoms with Crippen LogP contribution in [0, 0.1) is 0 Å². The Balaban J connectivity index is 1.22. The molecule has 0 saturated carbocycles. The SMILES string of the molecule is O=C(CNC(=O)Cc1c[nH]c2ccccc12)NCCc1c[nH]c2ccccc12. The number of aromatic nitrogens is 2. The molecule has 0 bridgehead atoms. The van der Waals surface area contributed by atoms with Gasteiger partial charge in [-0.3, -0.25) is 9.59 Å². The molecule has 0 aliphatic heterocycles. The quantitative estimate of drug-likeness (QED) is 0.401. The van der Waals surface area contributed by atoms with Crippen LogP contribution in [0.15, 0.2) is 60.9 Å². The number of carbonyl (C=O) groups excluding carboxylic acids is 2. The molecule has 2 amide bonds. The first-order valence-electron chi connectivity index (χ1n) is 9.34. The van der Waals surface area contributed by atoms with E-state index < -0.39 is 0 Å². The molecule has 0 aliphatic carbocycles. The van der Waals surface area contributed by atoms with Gasteiger partial charge in [0, 0.05) is 40.7 Å². The zero-order valence-corrected chi connectivity index (χ0v) is 15.4. The normalized spacial score (nSPS) is 11.0. The van der Waals surface area contributed by atoms with Crippen molar-refractivity contribution in [3.63, 3.8) is 0 Å². The Kier molecular flexibility index (Phi) is 5.10. The molecule has 0 radical (unpaired) electrons. The Bertz CT molecular complexity index is 1130. The van der Waals surface area contributed by atoms with Crippen LogP contribution in [0.2, 0.25) is 0 Å². The Morgan fingerprint density at radius 3 is 2.07 bits per heavy atom. The summed E-state index contributed by atoms with van der Waals surface area (Å²) >= 11 is 0. The van der Waals surface area contributed by atoms with Gasteiger partial charge in [-0.15, -0.1) is 0 Å². The van der Waals surface area contributed by atoms with E-state index in [9.17, 15) is 9.59 Å². The summed E-state index contributed by atoms with van der Waals surface area (Å²) in [7, 11) is 0. The molecule has 4 rings (SSSR count). The number of carbonyl (C=O) groups is 2. The molecule has 6 nitrogen and oxygen atoms in total. The third-order valence-electron chi connectivity index (χ3n) is 4.86. The van der Waals surface area contributed by atoms with E-state index in [4.69, 9.17) is 0 Å². The highest BCUT2D eigenvalue weighted by Gasteiger charge is 2.10. The van der Waals surface area contributed by atoms with Gasteiger partial charge in [0.25, 0.3) is 0 Å². The summed E-state index contributed by atoms with van der Waals surface area (Å²) < 4.78 is 0. The maximum atomic E-state index is 12.2. The first kappa shape index (κ1) is 17.9. The lowest BCUT2D eigenvalue weighted by Gasteiger charge is -2.07. The van der Waals surface area contributed by atoms with Gasteiger partial charge in [0.2, 0.25) is 11.8 Å². The van der Waals surface area contributed by atoms with Gasteiger partial charge in [-0.1, -0.05) is 36.4 Å². The summed E-state index contributed by atoms with van der Waals surface area (Å²) in [6, 6.07) is 15.9. The van der Waals surface area contributed by atoms with Crippen LogP contribution in [0.3, 0.4) is 0 Å². The first-order valence-corrected chi connectivity index (χ1v) is 9.34. The molecule has 0 spiro atoms. The summed E-state index contributed by atoms with van der Waals surface area (Å²) in [5, 5.41) is 7.74. The molecule has 0 atom stereocenters. The molecule has 2 aromatic carbocycles.